The predicted molar refractivity (Wildman–Crippen MR) is 61.7 cm³/mol. The van der Waals surface area contributed by atoms with Crippen LogP contribution in [0.3, 0.4) is 0 Å². The minimum Gasteiger partial charge on any atom is -0.508 e. The monoisotopic (exact) mass is 216 g/mol. The molecule has 0 amide bonds. The number of phenols is 1. The molecule has 0 heterocycles. The van der Waals surface area contributed by atoms with E-state index < -0.39 is 0 Å². The first kappa shape index (κ1) is 9.88. The van der Waals surface area contributed by atoms with Crippen molar-refractivity contribution in [2.75, 3.05) is 0 Å². The van der Waals surface area contributed by atoms with Crippen molar-refractivity contribution in [3.05, 3.63) is 29.3 Å². The van der Waals surface area contributed by atoms with Crippen molar-refractivity contribution in [2.24, 2.45) is 5.92 Å². The zero-order valence-corrected chi connectivity index (χ0v) is 9.28. The summed E-state index contributed by atoms with van der Waals surface area (Å²) in [5, 5.41) is 10.0. The molecule has 2 bridgehead atoms. The lowest BCUT2D eigenvalue weighted by Crippen LogP contribution is -2.21. The summed E-state index contributed by atoms with van der Waals surface area (Å²) in [6.07, 6.45) is 6.83. The van der Waals surface area contributed by atoms with Gasteiger partial charge in [-0.25, -0.2) is 0 Å². The van der Waals surface area contributed by atoms with Gasteiger partial charge in [0.05, 0.1) is 0 Å². The largest absolute Gasteiger partial charge is 0.508 e. The summed E-state index contributed by atoms with van der Waals surface area (Å²) in [7, 11) is 0. The van der Waals surface area contributed by atoms with E-state index in [0.717, 1.165) is 37.0 Å². The predicted octanol–water partition coefficient (Wildman–Crippen LogP) is 3.04. The van der Waals surface area contributed by atoms with Crippen molar-refractivity contribution in [3.8, 4) is 5.75 Å². The molecule has 1 aromatic rings. The van der Waals surface area contributed by atoms with E-state index in [2.05, 4.69) is 0 Å². The van der Waals surface area contributed by atoms with E-state index in [9.17, 15) is 9.90 Å². The number of rotatable bonds is 2. The number of hydrogen-bond donors (Lipinski definition) is 1. The molecule has 2 fully saturated rings. The first-order valence-corrected chi connectivity index (χ1v) is 6.03. The zero-order chi connectivity index (χ0) is 11.2. The Morgan fingerprint density at radius 1 is 1.31 bits per heavy atom. The Kier molecular flexibility index (Phi) is 2.06. The van der Waals surface area contributed by atoms with Gasteiger partial charge in [0.2, 0.25) is 0 Å². The quantitative estimate of drug-likeness (QED) is 0.771. The molecule has 0 radical (unpaired) electrons. The van der Waals surface area contributed by atoms with E-state index in [0.29, 0.717) is 11.3 Å². The summed E-state index contributed by atoms with van der Waals surface area (Å²) in [4.78, 5) is 11.1. The standard InChI is InChI=1S/C14H16O2/c15-9-11-2-1-3-12(16)13(11)14-6-4-10(8-14)5-7-14/h1-3,9-10,16H,4-8H2. The van der Waals surface area contributed by atoms with Crippen LogP contribution in [0.2, 0.25) is 0 Å². The van der Waals surface area contributed by atoms with E-state index >= 15 is 0 Å². The Hall–Kier alpha value is -1.31. The van der Waals surface area contributed by atoms with Gasteiger partial charge in [-0.05, 0) is 49.5 Å². The van der Waals surface area contributed by atoms with Crippen molar-refractivity contribution in [3.63, 3.8) is 0 Å². The van der Waals surface area contributed by atoms with Crippen LogP contribution in [0, 0.1) is 5.92 Å². The Bertz CT molecular complexity index is 428. The molecule has 2 aliphatic carbocycles. The van der Waals surface area contributed by atoms with Crippen LogP contribution in [0.4, 0.5) is 0 Å². The molecule has 2 saturated carbocycles. The molecular formula is C14H16O2. The first-order valence-electron chi connectivity index (χ1n) is 6.03. The maximum atomic E-state index is 11.1. The van der Waals surface area contributed by atoms with Crippen LogP contribution in [0.25, 0.3) is 0 Å². The van der Waals surface area contributed by atoms with E-state index in [1.807, 2.05) is 6.07 Å². The second-order valence-electron chi connectivity index (χ2n) is 5.29. The highest BCUT2D eigenvalue weighted by molar-refractivity contribution is 5.79. The lowest BCUT2D eigenvalue weighted by atomic mass is 9.75. The molecule has 16 heavy (non-hydrogen) atoms. The number of hydrogen-bond acceptors (Lipinski definition) is 2. The van der Waals surface area contributed by atoms with Crippen LogP contribution in [-0.4, -0.2) is 11.4 Å². The van der Waals surface area contributed by atoms with Crippen LogP contribution < -0.4 is 0 Å². The highest BCUT2D eigenvalue weighted by Gasteiger charge is 2.47. The minimum atomic E-state index is 0.103. The van der Waals surface area contributed by atoms with E-state index in [4.69, 9.17) is 0 Å². The molecule has 0 saturated heterocycles. The topological polar surface area (TPSA) is 37.3 Å². The second-order valence-corrected chi connectivity index (χ2v) is 5.29. The maximum absolute atomic E-state index is 11.1. The molecule has 0 aromatic heterocycles. The Labute approximate surface area is 95.3 Å². The van der Waals surface area contributed by atoms with Gasteiger partial charge in [0.15, 0.2) is 0 Å². The lowest BCUT2D eigenvalue weighted by molar-refractivity contribution is 0.112. The molecule has 1 aromatic carbocycles. The molecule has 2 aliphatic rings. The molecule has 0 aliphatic heterocycles. The molecule has 84 valence electrons. The van der Waals surface area contributed by atoms with Crippen LogP contribution in [-0.2, 0) is 5.41 Å². The summed E-state index contributed by atoms with van der Waals surface area (Å²) >= 11 is 0. The van der Waals surface area contributed by atoms with Crippen LogP contribution >= 0.6 is 0 Å². The third-order valence-corrected chi connectivity index (χ3v) is 4.47. The van der Waals surface area contributed by atoms with Gasteiger partial charge in [0.25, 0.3) is 0 Å². The van der Waals surface area contributed by atoms with E-state index in [-0.39, 0.29) is 5.41 Å². The fraction of sp³-hybridized carbons (Fsp3) is 0.500. The number of carbonyl (C=O) groups excluding carboxylic acids is 1. The van der Waals surface area contributed by atoms with Crippen LogP contribution in [0.15, 0.2) is 18.2 Å². The number of carbonyl (C=O) groups is 1. The smallest absolute Gasteiger partial charge is 0.150 e. The van der Waals surface area contributed by atoms with Gasteiger partial charge in [0, 0.05) is 11.1 Å². The maximum Gasteiger partial charge on any atom is 0.150 e. The Balaban J connectivity index is 2.15. The molecule has 3 rings (SSSR count). The van der Waals surface area contributed by atoms with Gasteiger partial charge in [-0.15, -0.1) is 0 Å². The SMILES string of the molecule is O=Cc1cccc(O)c1C12CCC(CC1)C2. The average Bonchev–Trinajstić information content (AvgIpc) is 2.89. The highest BCUT2D eigenvalue weighted by Crippen LogP contribution is 2.57. The Morgan fingerprint density at radius 3 is 2.62 bits per heavy atom. The molecule has 0 spiro atoms. The molecule has 2 nitrogen and oxygen atoms in total. The summed E-state index contributed by atoms with van der Waals surface area (Å²) < 4.78 is 0. The molecular weight excluding hydrogens is 200 g/mol. The highest BCUT2D eigenvalue weighted by atomic mass is 16.3. The molecule has 2 heteroatoms. The van der Waals surface area contributed by atoms with Gasteiger partial charge in [0.1, 0.15) is 12.0 Å². The summed E-state index contributed by atoms with van der Waals surface area (Å²) in [5.74, 6) is 1.13. The Morgan fingerprint density at radius 2 is 2.06 bits per heavy atom. The second kappa shape index (κ2) is 3.34. The number of phenolic OH excluding ortho intramolecular Hbond substituents is 1. The fourth-order valence-corrected chi connectivity index (χ4v) is 3.78. The number of benzene rings is 1. The summed E-state index contributed by atoms with van der Waals surface area (Å²) in [6, 6.07) is 5.28. The van der Waals surface area contributed by atoms with Gasteiger partial charge < -0.3 is 5.11 Å². The van der Waals surface area contributed by atoms with Gasteiger partial charge in [-0.2, -0.15) is 0 Å². The van der Waals surface area contributed by atoms with Crippen molar-refractivity contribution in [1.82, 2.24) is 0 Å². The van der Waals surface area contributed by atoms with Crippen molar-refractivity contribution in [1.29, 1.82) is 0 Å². The van der Waals surface area contributed by atoms with Gasteiger partial charge >= 0.3 is 0 Å². The van der Waals surface area contributed by atoms with Gasteiger partial charge in [-0.1, -0.05) is 12.1 Å². The third kappa shape index (κ3) is 1.22. The first-order chi connectivity index (χ1) is 7.75. The van der Waals surface area contributed by atoms with Gasteiger partial charge in [-0.3, -0.25) is 4.79 Å². The van der Waals surface area contributed by atoms with Crippen LogP contribution in [0.5, 0.6) is 5.75 Å². The summed E-state index contributed by atoms with van der Waals surface area (Å²) in [5.41, 5.74) is 1.71. The molecule has 0 unspecified atom stereocenters. The van der Waals surface area contributed by atoms with Crippen molar-refractivity contribution in [2.45, 2.75) is 37.5 Å². The number of aromatic hydroxyl groups is 1. The normalized spacial score (nSPS) is 31.9. The average molecular weight is 216 g/mol. The number of aldehydes is 1. The minimum absolute atomic E-state index is 0.103. The molecule has 0 atom stereocenters. The van der Waals surface area contributed by atoms with Crippen molar-refractivity contribution < 1.29 is 9.90 Å². The van der Waals surface area contributed by atoms with E-state index in [1.54, 1.807) is 12.1 Å². The zero-order valence-electron chi connectivity index (χ0n) is 9.28. The molecule has 1 N–H and O–H groups in total. The van der Waals surface area contributed by atoms with E-state index in [1.165, 1.54) is 12.8 Å². The number of fused-ring (bicyclic) bond motifs is 2. The summed E-state index contributed by atoms with van der Waals surface area (Å²) in [6.45, 7) is 0. The van der Waals surface area contributed by atoms with Crippen molar-refractivity contribution >= 4 is 6.29 Å². The lowest BCUT2D eigenvalue weighted by Gasteiger charge is -2.29. The third-order valence-electron chi connectivity index (χ3n) is 4.47. The fourth-order valence-electron chi connectivity index (χ4n) is 3.78. The van der Waals surface area contributed by atoms with Crippen LogP contribution in [0.1, 0.15) is 48.0 Å².